The molecule has 1 saturated carbocycles. The van der Waals surface area contributed by atoms with Gasteiger partial charge < -0.3 is 5.32 Å². The number of nitrogens with zero attached hydrogens (tertiary/aromatic N) is 1. The maximum absolute atomic E-state index is 12.3. The van der Waals surface area contributed by atoms with Crippen LogP contribution in [0.15, 0.2) is 60.7 Å². The molecule has 6 nitrogen and oxygen atoms in total. The van der Waals surface area contributed by atoms with Crippen molar-refractivity contribution in [3.63, 3.8) is 0 Å². The number of nitrogens with one attached hydrogen (secondary N) is 2. The van der Waals surface area contributed by atoms with E-state index < -0.39 is 0 Å². The highest BCUT2D eigenvalue weighted by Gasteiger charge is 2.23. The van der Waals surface area contributed by atoms with E-state index in [0.29, 0.717) is 27.3 Å². The number of benzene rings is 2. The minimum Gasteiger partial charge on any atom is -0.349 e. The lowest BCUT2D eigenvalue weighted by Crippen LogP contribution is -2.25. The molecule has 1 fully saturated rings. The Morgan fingerprint density at radius 3 is 2.39 bits per heavy atom. The first-order valence-electron chi connectivity index (χ1n) is 9.97. The number of anilines is 1. The van der Waals surface area contributed by atoms with Crippen LogP contribution in [-0.2, 0) is 4.79 Å². The number of aromatic nitrogens is 1. The standard InChI is InChI=1S/C24H21N3O3S/c1-15(28)22-21(17-5-3-2-4-6-17)27-24(31-22)26-20(29)14-9-16-7-10-18(11-8-16)23(30)25-19-12-13-19/h2-11,14,19H,12-13H2,1H3,(H,25,30)(H,26,27,29)/b14-9+. The zero-order chi connectivity index (χ0) is 21.8. The van der Waals surface area contributed by atoms with Crippen LogP contribution in [0, 0.1) is 0 Å². The lowest BCUT2D eigenvalue weighted by Gasteiger charge is -2.03. The van der Waals surface area contributed by atoms with Gasteiger partial charge in [0.15, 0.2) is 10.9 Å². The predicted octanol–water partition coefficient (Wildman–Crippen LogP) is 4.56. The van der Waals surface area contributed by atoms with Crippen LogP contribution in [0.4, 0.5) is 5.13 Å². The second-order valence-corrected chi connectivity index (χ2v) is 8.31. The summed E-state index contributed by atoms with van der Waals surface area (Å²) in [5, 5.41) is 6.03. The van der Waals surface area contributed by atoms with Gasteiger partial charge in [-0.15, -0.1) is 0 Å². The van der Waals surface area contributed by atoms with E-state index in [1.54, 1.807) is 30.3 Å². The van der Waals surface area contributed by atoms with Crippen molar-refractivity contribution in [3.05, 3.63) is 76.7 Å². The highest BCUT2D eigenvalue weighted by molar-refractivity contribution is 7.18. The number of ketones is 1. The van der Waals surface area contributed by atoms with Crippen LogP contribution in [0.5, 0.6) is 0 Å². The normalized spacial score (nSPS) is 13.2. The summed E-state index contributed by atoms with van der Waals surface area (Å²) >= 11 is 1.16. The van der Waals surface area contributed by atoms with Crippen LogP contribution >= 0.6 is 11.3 Å². The van der Waals surface area contributed by atoms with Gasteiger partial charge >= 0.3 is 0 Å². The van der Waals surface area contributed by atoms with Crippen LogP contribution in [-0.4, -0.2) is 28.6 Å². The monoisotopic (exact) mass is 431 g/mol. The molecule has 2 amide bonds. The molecular weight excluding hydrogens is 410 g/mol. The van der Waals surface area contributed by atoms with E-state index in [9.17, 15) is 14.4 Å². The van der Waals surface area contributed by atoms with Gasteiger partial charge in [0.2, 0.25) is 5.91 Å². The van der Waals surface area contributed by atoms with Gasteiger partial charge in [-0.05, 0) is 36.6 Å². The first kappa shape index (κ1) is 20.7. The highest BCUT2D eigenvalue weighted by Crippen LogP contribution is 2.31. The number of Topliss-reactive ketones (excluding diaryl/α,β-unsaturated/α-hetero) is 1. The quantitative estimate of drug-likeness (QED) is 0.424. The maximum atomic E-state index is 12.3. The molecule has 1 heterocycles. The predicted molar refractivity (Wildman–Crippen MR) is 122 cm³/mol. The summed E-state index contributed by atoms with van der Waals surface area (Å²) in [6.07, 6.45) is 5.15. The molecule has 7 heteroatoms. The zero-order valence-electron chi connectivity index (χ0n) is 16.9. The Kier molecular flexibility index (Phi) is 6.04. The Morgan fingerprint density at radius 1 is 1.03 bits per heavy atom. The Bertz CT molecular complexity index is 1150. The van der Waals surface area contributed by atoms with Gasteiger partial charge in [-0.1, -0.05) is 53.8 Å². The number of carbonyl (C=O) groups is 3. The summed E-state index contributed by atoms with van der Waals surface area (Å²) in [7, 11) is 0. The van der Waals surface area contributed by atoms with Crippen molar-refractivity contribution in [2.24, 2.45) is 0 Å². The van der Waals surface area contributed by atoms with Gasteiger partial charge in [0.1, 0.15) is 0 Å². The maximum Gasteiger partial charge on any atom is 0.251 e. The number of hydrogen-bond donors (Lipinski definition) is 2. The van der Waals surface area contributed by atoms with Crippen molar-refractivity contribution < 1.29 is 14.4 Å². The third-order valence-corrected chi connectivity index (χ3v) is 5.81. The van der Waals surface area contributed by atoms with E-state index in [-0.39, 0.29) is 17.6 Å². The third-order valence-electron chi connectivity index (χ3n) is 4.74. The first-order chi connectivity index (χ1) is 15.0. The van der Waals surface area contributed by atoms with Crippen molar-refractivity contribution in [1.29, 1.82) is 0 Å². The van der Waals surface area contributed by atoms with E-state index >= 15 is 0 Å². The second-order valence-electron chi connectivity index (χ2n) is 7.31. The smallest absolute Gasteiger partial charge is 0.251 e. The molecule has 1 aliphatic carbocycles. The van der Waals surface area contributed by atoms with Crippen LogP contribution in [0.1, 0.15) is 45.4 Å². The van der Waals surface area contributed by atoms with Gasteiger partial charge in [-0.3, -0.25) is 19.7 Å². The molecule has 0 atom stereocenters. The SMILES string of the molecule is CC(=O)c1sc(NC(=O)/C=C/c2ccc(C(=O)NC3CC3)cc2)nc1-c1ccccc1. The first-order valence-corrected chi connectivity index (χ1v) is 10.8. The van der Waals surface area contributed by atoms with Gasteiger partial charge in [0.25, 0.3) is 5.91 Å². The molecule has 0 bridgehead atoms. The molecule has 0 unspecified atom stereocenters. The molecule has 156 valence electrons. The molecule has 31 heavy (non-hydrogen) atoms. The molecule has 2 aromatic carbocycles. The Labute approximate surface area is 184 Å². The zero-order valence-corrected chi connectivity index (χ0v) is 17.7. The molecule has 4 rings (SSSR count). The summed E-state index contributed by atoms with van der Waals surface area (Å²) in [6, 6.07) is 16.8. The van der Waals surface area contributed by atoms with Gasteiger partial charge in [0, 0.05) is 30.2 Å². The molecule has 0 radical (unpaired) electrons. The van der Waals surface area contributed by atoms with Crippen molar-refractivity contribution in [3.8, 4) is 11.3 Å². The van der Waals surface area contributed by atoms with E-state index in [1.807, 2.05) is 30.3 Å². The highest BCUT2D eigenvalue weighted by atomic mass is 32.1. The third kappa shape index (κ3) is 5.32. The summed E-state index contributed by atoms with van der Waals surface area (Å²) < 4.78 is 0. The minimum atomic E-state index is -0.348. The van der Waals surface area contributed by atoms with Crippen LogP contribution < -0.4 is 10.6 Å². The van der Waals surface area contributed by atoms with Crippen LogP contribution in [0.2, 0.25) is 0 Å². The van der Waals surface area contributed by atoms with Crippen molar-refractivity contribution in [1.82, 2.24) is 10.3 Å². The van der Waals surface area contributed by atoms with Gasteiger partial charge in [0.05, 0.1) is 10.6 Å². The molecule has 3 aromatic rings. The second kappa shape index (κ2) is 9.06. The van der Waals surface area contributed by atoms with Crippen LogP contribution in [0.25, 0.3) is 17.3 Å². The molecule has 0 spiro atoms. The van der Waals surface area contributed by atoms with Crippen molar-refractivity contribution >= 4 is 40.1 Å². The fourth-order valence-electron chi connectivity index (χ4n) is 2.96. The molecule has 2 N–H and O–H groups in total. The fraction of sp³-hybridized carbons (Fsp3) is 0.167. The fourth-order valence-corrected chi connectivity index (χ4v) is 3.85. The Morgan fingerprint density at radius 2 is 1.74 bits per heavy atom. The topological polar surface area (TPSA) is 88.2 Å². The van der Waals surface area contributed by atoms with E-state index in [1.165, 1.54) is 13.0 Å². The van der Waals surface area contributed by atoms with Crippen molar-refractivity contribution in [2.45, 2.75) is 25.8 Å². The average molecular weight is 432 g/mol. The molecular formula is C24H21N3O3S. The Balaban J connectivity index is 1.42. The van der Waals surface area contributed by atoms with E-state index in [4.69, 9.17) is 0 Å². The van der Waals surface area contributed by atoms with Crippen molar-refractivity contribution in [2.75, 3.05) is 5.32 Å². The lowest BCUT2D eigenvalue weighted by molar-refractivity contribution is -0.111. The number of carbonyl (C=O) groups excluding carboxylic acids is 3. The summed E-state index contributed by atoms with van der Waals surface area (Å²) in [5.74, 6) is -0.521. The number of rotatable bonds is 7. The molecule has 1 aliphatic rings. The molecule has 1 aromatic heterocycles. The number of amides is 2. The average Bonchev–Trinajstić information content (AvgIpc) is 3.49. The number of thiazole rings is 1. The van der Waals surface area contributed by atoms with Crippen LogP contribution in [0.3, 0.4) is 0 Å². The lowest BCUT2D eigenvalue weighted by atomic mass is 10.1. The van der Waals surface area contributed by atoms with Gasteiger partial charge in [-0.25, -0.2) is 4.98 Å². The van der Waals surface area contributed by atoms with E-state index in [2.05, 4.69) is 15.6 Å². The summed E-state index contributed by atoms with van der Waals surface area (Å²) in [6.45, 7) is 1.49. The van der Waals surface area contributed by atoms with E-state index in [0.717, 1.165) is 35.3 Å². The number of hydrogen-bond acceptors (Lipinski definition) is 5. The molecule has 0 aliphatic heterocycles. The largest absolute Gasteiger partial charge is 0.349 e. The Hall–Kier alpha value is -3.58. The summed E-state index contributed by atoms with van der Waals surface area (Å²) in [4.78, 5) is 41.3. The minimum absolute atomic E-state index is 0.0740. The molecule has 0 saturated heterocycles. The van der Waals surface area contributed by atoms with Gasteiger partial charge in [-0.2, -0.15) is 0 Å². The summed E-state index contributed by atoms with van der Waals surface area (Å²) in [5.41, 5.74) is 2.79.